The molecule has 0 saturated carbocycles. The number of benzene rings is 1. The number of H-pyrrole nitrogens is 1. The number of nitrogens with one attached hydrogen (secondary N) is 1. The summed E-state index contributed by atoms with van der Waals surface area (Å²) in [6, 6.07) is 7.97. The van der Waals surface area contributed by atoms with Crippen molar-refractivity contribution in [2.75, 3.05) is 0 Å². The molecule has 0 atom stereocenters. The first-order chi connectivity index (χ1) is 7.24. The van der Waals surface area contributed by atoms with Crippen molar-refractivity contribution in [3.63, 3.8) is 0 Å². The minimum Gasteiger partial charge on any atom is -0.487 e. The molecule has 0 fully saturated rings. The van der Waals surface area contributed by atoms with E-state index in [1.807, 2.05) is 31.2 Å². The molecule has 0 aliphatic carbocycles. The number of nitrogens with zero attached hydrogens (tertiary/aromatic N) is 1. The van der Waals surface area contributed by atoms with E-state index in [1.165, 1.54) is 5.56 Å². The predicted molar refractivity (Wildman–Crippen MR) is 61.8 cm³/mol. The van der Waals surface area contributed by atoms with Crippen molar-refractivity contribution >= 4 is 15.9 Å². The smallest absolute Gasteiger partial charge is 0.174 e. The standard InChI is InChI=1S/C11H11BrN2O/c1-8-3-2-4-10(5-8)15-7-9-6-13-11(12)14-9/h2-6H,7H2,1H3,(H,13,14). The first-order valence-corrected chi connectivity index (χ1v) is 5.42. The summed E-state index contributed by atoms with van der Waals surface area (Å²) in [5.74, 6) is 0.876. The van der Waals surface area contributed by atoms with E-state index in [2.05, 4.69) is 25.9 Å². The second-order valence-electron chi connectivity index (χ2n) is 3.30. The van der Waals surface area contributed by atoms with Crippen molar-refractivity contribution in [2.24, 2.45) is 0 Å². The highest BCUT2D eigenvalue weighted by molar-refractivity contribution is 9.10. The van der Waals surface area contributed by atoms with Crippen molar-refractivity contribution in [1.82, 2.24) is 9.97 Å². The molecule has 2 aromatic rings. The number of hydrogen-bond donors (Lipinski definition) is 1. The fourth-order valence-corrected chi connectivity index (χ4v) is 1.63. The Morgan fingerprint density at radius 2 is 2.33 bits per heavy atom. The molecule has 0 bridgehead atoms. The Labute approximate surface area is 96.6 Å². The SMILES string of the molecule is Cc1cccc(OCc2cnc(Br)[nH]2)c1. The Bertz CT molecular complexity index is 453. The van der Waals surface area contributed by atoms with Crippen molar-refractivity contribution < 1.29 is 4.74 Å². The van der Waals surface area contributed by atoms with E-state index in [9.17, 15) is 0 Å². The quantitative estimate of drug-likeness (QED) is 0.928. The van der Waals surface area contributed by atoms with E-state index >= 15 is 0 Å². The normalized spacial score (nSPS) is 10.3. The molecule has 2 rings (SSSR count). The van der Waals surface area contributed by atoms with Gasteiger partial charge in [0.25, 0.3) is 0 Å². The second kappa shape index (κ2) is 4.49. The highest BCUT2D eigenvalue weighted by Gasteiger charge is 1.99. The zero-order valence-corrected chi connectivity index (χ0v) is 9.91. The van der Waals surface area contributed by atoms with E-state index in [0.29, 0.717) is 6.61 Å². The number of halogens is 1. The highest BCUT2D eigenvalue weighted by Crippen LogP contribution is 2.14. The number of imidazole rings is 1. The van der Waals surface area contributed by atoms with E-state index in [-0.39, 0.29) is 0 Å². The molecule has 0 amide bonds. The molecule has 0 aliphatic heterocycles. The lowest BCUT2D eigenvalue weighted by Crippen LogP contribution is -1.95. The number of ether oxygens (including phenoxy) is 1. The number of aromatic amines is 1. The Kier molecular flexibility index (Phi) is 3.06. The van der Waals surface area contributed by atoms with Crippen LogP contribution in [0.2, 0.25) is 0 Å². The first-order valence-electron chi connectivity index (χ1n) is 4.63. The van der Waals surface area contributed by atoms with Gasteiger partial charge in [0.2, 0.25) is 0 Å². The lowest BCUT2D eigenvalue weighted by molar-refractivity contribution is 0.301. The minimum absolute atomic E-state index is 0.502. The molecule has 3 nitrogen and oxygen atoms in total. The third-order valence-electron chi connectivity index (χ3n) is 1.98. The molecule has 15 heavy (non-hydrogen) atoms. The Hall–Kier alpha value is -1.29. The summed E-state index contributed by atoms with van der Waals surface area (Å²) in [5, 5.41) is 0. The zero-order valence-electron chi connectivity index (χ0n) is 8.33. The largest absolute Gasteiger partial charge is 0.487 e. The van der Waals surface area contributed by atoms with E-state index in [0.717, 1.165) is 16.2 Å². The van der Waals surface area contributed by atoms with Gasteiger partial charge in [-0.2, -0.15) is 0 Å². The Balaban J connectivity index is 1.99. The fraction of sp³-hybridized carbons (Fsp3) is 0.182. The molecule has 78 valence electrons. The van der Waals surface area contributed by atoms with Crippen molar-refractivity contribution in [3.8, 4) is 5.75 Å². The van der Waals surface area contributed by atoms with Crippen molar-refractivity contribution in [1.29, 1.82) is 0 Å². The van der Waals surface area contributed by atoms with Gasteiger partial charge in [-0.25, -0.2) is 4.98 Å². The van der Waals surface area contributed by atoms with E-state index in [1.54, 1.807) is 6.20 Å². The van der Waals surface area contributed by atoms with Gasteiger partial charge in [-0.3, -0.25) is 0 Å². The maximum absolute atomic E-state index is 5.59. The molecule has 1 N–H and O–H groups in total. The van der Waals surface area contributed by atoms with Gasteiger partial charge < -0.3 is 9.72 Å². The number of hydrogen-bond acceptors (Lipinski definition) is 2. The molecule has 4 heteroatoms. The van der Waals surface area contributed by atoms with Gasteiger partial charge in [0.05, 0.1) is 11.9 Å². The molecule has 1 aromatic heterocycles. The summed E-state index contributed by atoms with van der Waals surface area (Å²) in [4.78, 5) is 7.07. The minimum atomic E-state index is 0.502. The van der Waals surface area contributed by atoms with Crippen molar-refractivity contribution in [2.45, 2.75) is 13.5 Å². The Morgan fingerprint density at radius 1 is 1.47 bits per heavy atom. The van der Waals surface area contributed by atoms with Gasteiger partial charge in [0, 0.05) is 0 Å². The third-order valence-corrected chi connectivity index (χ3v) is 2.38. The molecule has 0 aliphatic rings. The van der Waals surface area contributed by atoms with Gasteiger partial charge in [-0.1, -0.05) is 12.1 Å². The lowest BCUT2D eigenvalue weighted by Gasteiger charge is -2.04. The van der Waals surface area contributed by atoms with Crippen LogP contribution in [-0.2, 0) is 6.61 Å². The van der Waals surface area contributed by atoms with Crippen LogP contribution in [0.5, 0.6) is 5.75 Å². The van der Waals surface area contributed by atoms with E-state index in [4.69, 9.17) is 4.74 Å². The predicted octanol–water partition coefficient (Wildman–Crippen LogP) is 3.06. The molecule has 1 aromatic carbocycles. The van der Waals surface area contributed by atoms with Crippen LogP contribution in [0.1, 0.15) is 11.3 Å². The van der Waals surface area contributed by atoms with Gasteiger partial charge in [-0.15, -0.1) is 0 Å². The number of aromatic nitrogens is 2. The Morgan fingerprint density at radius 3 is 3.00 bits per heavy atom. The van der Waals surface area contributed by atoms with Gasteiger partial charge >= 0.3 is 0 Å². The van der Waals surface area contributed by atoms with Crippen LogP contribution in [0.3, 0.4) is 0 Å². The first kappa shape index (κ1) is 10.2. The highest BCUT2D eigenvalue weighted by atomic mass is 79.9. The zero-order chi connectivity index (χ0) is 10.7. The molecule has 0 unspecified atom stereocenters. The summed E-state index contributed by atoms with van der Waals surface area (Å²) in [6.07, 6.45) is 1.75. The third kappa shape index (κ3) is 2.83. The molecule has 0 radical (unpaired) electrons. The van der Waals surface area contributed by atoms with Crippen LogP contribution in [0.25, 0.3) is 0 Å². The maximum Gasteiger partial charge on any atom is 0.174 e. The van der Waals surface area contributed by atoms with Crippen LogP contribution in [0.4, 0.5) is 0 Å². The summed E-state index contributed by atoms with van der Waals surface area (Å²) in [6.45, 7) is 2.54. The van der Waals surface area contributed by atoms with Crippen LogP contribution >= 0.6 is 15.9 Å². The van der Waals surface area contributed by atoms with Crippen LogP contribution in [-0.4, -0.2) is 9.97 Å². The average molecular weight is 267 g/mol. The monoisotopic (exact) mass is 266 g/mol. The van der Waals surface area contributed by atoms with Crippen LogP contribution in [0.15, 0.2) is 35.2 Å². The molecule has 0 saturated heterocycles. The van der Waals surface area contributed by atoms with Gasteiger partial charge in [0.15, 0.2) is 4.73 Å². The fourth-order valence-electron chi connectivity index (χ4n) is 1.27. The molecular weight excluding hydrogens is 256 g/mol. The second-order valence-corrected chi connectivity index (χ2v) is 4.06. The molecule has 0 spiro atoms. The maximum atomic E-state index is 5.59. The van der Waals surface area contributed by atoms with Gasteiger partial charge in [0.1, 0.15) is 12.4 Å². The molecular formula is C11H11BrN2O. The number of rotatable bonds is 3. The number of aryl methyl sites for hydroxylation is 1. The van der Waals surface area contributed by atoms with Crippen LogP contribution in [0, 0.1) is 6.92 Å². The molecule has 1 heterocycles. The van der Waals surface area contributed by atoms with E-state index < -0.39 is 0 Å². The summed E-state index contributed by atoms with van der Waals surface area (Å²) in [5.41, 5.74) is 2.14. The average Bonchev–Trinajstić information content (AvgIpc) is 2.62. The summed E-state index contributed by atoms with van der Waals surface area (Å²) in [7, 11) is 0. The van der Waals surface area contributed by atoms with Crippen LogP contribution < -0.4 is 4.74 Å². The summed E-state index contributed by atoms with van der Waals surface area (Å²) < 4.78 is 6.32. The topological polar surface area (TPSA) is 37.9 Å². The summed E-state index contributed by atoms with van der Waals surface area (Å²) >= 11 is 3.25. The lowest BCUT2D eigenvalue weighted by atomic mass is 10.2. The van der Waals surface area contributed by atoms with Crippen molar-refractivity contribution in [3.05, 3.63) is 46.5 Å². The van der Waals surface area contributed by atoms with Gasteiger partial charge in [-0.05, 0) is 40.5 Å².